The first-order chi connectivity index (χ1) is 17.3. The summed E-state index contributed by atoms with van der Waals surface area (Å²) in [6.07, 6.45) is -1.28. The average molecular weight is 497 g/mol. The third-order valence-corrected chi connectivity index (χ3v) is 6.15. The summed E-state index contributed by atoms with van der Waals surface area (Å²) in [5.74, 6) is -0.867. The number of benzene rings is 2. The number of halogens is 3. The molecule has 188 valence electrons. The van der Waals surface area contributed by atoms with Gasteiger partial charge in [-0.2, -0.15) is 13.2 Å². The van der Waals surface area contributed by atoms with E-state index in [1.807, 2.05) is 23.1 Å². The maximum Gasteiger partial charge on any atom is 0.417 e. The first-order valence-electron chi connectivity index (χ1n) is 11.8. The lowest BCUT2D eigenvalue weighted by Crippen LogP contribution is -2.49. The average Bonchev–Trinajstić information content (AvgIpc) is 2.91. The Hall–Kier alpha value is -3.88. The van der Waals surface area contributed by atoms with Crippen LogP contribution in [0.3, 0.4) is 0 Å². The van der Waals surface area contributed by atoms with Crippen LogP contribution in [0.2, 0.25) is 0 Å². The zero-order valence-electron chi connectivity index (χ0n) is 19.7. The first-order valence-corrected chi connectivity index (χ1v) is 11.8. The maximum absolute atomic E-state index is 13.3. The third-order valence-electron chi connectivity index (χ3n) is 6.15. The number of aromatic nitrogens is 1. The standard InChI is InChI=1S/C27H27F3N4O2/c28-27(29,30)23-11-5-4-10-22(23)26(36)34-17-15-33(16-18-34)21-12-13-24(32-19-21)25(35)31-14-6-9-20-7-2-1-3-8-20/h1-5,7-8,10-13,19H,6,9,14-18H2,(H,31,35). The van der Waals surface area contributed by atoms with Gasteiger partial charge >= 0.3 is 6.18 Å². The smallest absolute Gasteiger partial charge is 0.367 e. The summed E-state index contributed by atoms with van der Waals surface area (Å²) in [6, 6.07) is 18.4. The Morgan fingerprint density at radius 3 is 2.25 bits per heavy atom. The van der Waals surface area contributed by atoms with Gasteiger partial charge in [0.25, 0.3) is 11.8 Å². The summed E-state index contributed by atoms with van der Waals surface area (Å²) in [5.41, 5.74) is 1.07. The topological polar surface area (TPSA) is 65.5 Å². The van der Waals surface area contributed by atoms with Crippen LogP contribution in [0.1, 0.15) is 38.4 Å². The van der Waals surface area contributed by atoms with Gasteiger partial charge in [-0.25, -0.2) is 4.98 Å². The van der Waals surface area contributed by atoms with Gasteiger partial charge in [0.2, 0.25) is 0 Å². The lowest BCUT2D eigenvalue weighted by atomic mass is 10.1. The molecule has 1 fully saturated rings. The largest absolute Gasteiger partial charge is 0.417 e. The molecule has 1 aliphatic heterocycles. The number of hydrogen-bond donors (Lipinski definition) is 1. The van der Waals surface area contributed by atoms with Crippen LogP contribution in [-0.2, 0) is 12.6 Å². The third kappa shape index (κ3) is 6.21. The predicted molar refractivity (Wildman–Crippen MR) is 131 cm³/mol. The monoisotopic (exact) mass is 496 g/mol. The number of nitrogens with zero attached hydrogens (tertiary/aromatic N) is 3. The van der Waals surface area contributed by atoms with Gasteiger partial charge in [0, 0.05) is 32.7 Å². The fraction of sp³-hybridized carbons (Fsp3) is 0.296. The van der Waals surface area contributed by atoms with Crippen molar-refractivity contribution < 1.29 is 22.8 Å². The van der Waals surface area contributed by atoms with Crippen molar-refractivity contribution in [3.8, 4) is 0 Å². The predicted octanol–water partition coefficient (Wildman–Crippen LogP) is 4.43. The first kappa shape index (κ1) is 25.2. The second kappa shape index (κ2) is 11.2. The molecule has 0 aliphatic carbocycles. The van der Waals surface area contributed by atoms with Crippen LogP contribution in [0.5, 0.6) is 0 Å². The molecule has 9 heteroatoms. The molecule has 0 spiro atoms. The summed E-state index contributed by atoms with van der Waals surface area (Å²) in [5, 5.41) is 2.88. The zero-order chi connectivity index (χ0) is 25.5. The van der Waals surface area contributed by atoms with Crippen molar-refractivity contribution in [1.82, 2.24) is 15.2 Å². The van der Waals surface area contributed by atoms with E-state index < -0.39 is 17.6 Å². The van der Waals surface area contributed by atoms with E-state index >= 15 is 0 Å². The minimum absolute atomic E-state index is 0.242. The Labute approximate surface area is 207 Å². The zero-order valence-corrected chi connectivity index (χ0v) is 19.7. The second-order valence-electron chi connectivity index (χ2n) is 8.57. The number of piperazine rings is 1. The molecule has 1 saturated heterocycles. The molecule has 0 atom stereocenters. The highest BCUT2D eigenvalue weighted by Gasteiger charge is 2.36. The van der Waals surface area contributed by atoms with Gasteiger partial charge in [0.15, 0.2) is 0 Å². The number of carbonyl (C=O) groups is 2. The second-order valence-corrected chi connectivity index (χ2v) is 8.57. The Morgan fingerprint density at radius 2 is 1.58 bits per heavy atom. The molecule has 2 aromatic carbocycles. The Balaban J connectivity index is 1.27. The maximum atomic E-state index is 13.3. The molecule has 3 aromatic rings. The Bertz CT molecular complexity index is 1180. The van der Waals surface area contributed by atoms with Crippen LogP contribution in [0, 0.1) is 0 Å². The lowest BCUT2D eigenvalue weighted by Gasteiger charge is -2.36. The normalized spacial score (nSPS) is 14.0. The SMILES string of the molecule is O=C(NCCCc1ccccc1)c1ccc(N2CCN(C(=O)c3ccccc3C(F)(F)F)CC2)cn1. The molecule has 36 heavy (non-hydrogen) atoms. The number of alkyl halides is 3. The summed E-state index contributed by atoms with van der Waals surface area (Å²) in [7, 11) is 0. The fourth-order valence-electron chi connectivity index (χ4n) is 4.19. The highest BCUT2D eigenvalue weighted by atomic mass is 19.4. The molecular formula is C27H27F3N4O2. The Kier molecular flexibility index (Phi) is 7.87. The molecule has 2 amide bonds. The van der Waals surface area contributed by atoms with Gasteiger partial charge in [-0.15, -0.1) is 0 Å². The molecular weight excluding hydrogens is 469 g/mol. The van der Waals surface area contributed by atoms with E-state index in [1.165, 1.54) is 28.7 Å². The molecule has 0 bridgehead atoms. The van der Waals surface area contributed by atoms with Gasteiger partial charge < -0.3 is 15.1 Å². The van der Waals surface area contributed by atoms with Crippen molar-refractivity contribution >= 4 is 17.5 Å². The van der Waals surface area contributed by atoms with E-state index in [2.05, 4.69) is 22.4 Å². The fourth-order valence-corrected chi connectivity index (χ4v) is 4.19. The van der Waals surface area contributed by atoms with E-state index in [-0.39, 0.29) is 24.6 Å². The van der Waals surface area contributed by atoms with E-state index in [0.717, 1.165) is 24.6 Å². The molecule has 1 aliphatic rings. The Morgan fingerprint density at radius 1 is 0.889 bits per heavy atom. The van der Waals surface area contributed by atoms with Crippen molar-refractivity contribution in [2.75, 3.05) is 37.6 Å². The van der Waals surface area contributed by atoms with Gasteiger partial charge in [-0.3, -0.25) is 9.59 Å². The summed E-state index contributed by atoms with van der Waals surface area (Å²) in [6.45, 7) is 2.02. The van der Waals surface area contributed by atoms with Crippen LogP contribution in [-0.4, -0.2) is 54.4 Å². The quantitative estimate of drug-likeness (QED) is 0.492. The van der Waals surface area contributed by atoms with Gasteiger partial charge in [-0.05, 0) is 42.7 Å². The van der Waals surface area contributed by atoms with Crippen LogP contribution in [0.25, 0.3) is 0 Å². The lowest BCUT2D eigenvalue weighted by molar-refractivity contribution is -0.138. The van der Waals surface area contributed by atoms with Crippen molar-refractivity contribution in [2.45, 2.75) is 19.0 Å². The summed E-state index contributed by atoms with van der Waals surface area (Å²) >= 11 is 0. The highest BCUT2D eigenvalue weighted by Crippen LogP contribution is 2.32. The van der Waals surface area contributed by atoms with E-state index in [1.54, 1.807) is 18.3 Å². The summed E-state index contributed by atoms with van der Waals surface area (Å²) < 4.78 is 39.9. The van der Waals surface area contributed by atoms with Gasteiger partial charge in [0.1, 0.15) is 5.69 Å². The number of nitrogens with one attached hydrogen (secondary N) is 1. The van der Waals surface area contributed by atoms with Gasteiger partial charge in [-0.1, -0.05) is 42.5 Å². The number of rotatable bonds is 7. The molecule has 0 radical (unpaired) electrons. The number of aryl methyl sites for hydroxylation is 1. The van der Waals surface area contributed by atoms with Gasteiger partial charge in [0.05, 0.1) is 23.0 Å². The van der Waals surface area contributed by atoms with E-state index in [9.17, 15) is 22.8 Å². The van der Waals surface area contributed by atoms with Crippen molar-refractivity contribution in [3.05, 3.63) is 95.3 Å². The molecule has 0 unspecified atom stereocenters. The number of pyridine rings is 1. The van der Waals surface area contributed by atoms with Crippen molar-refractivity contribution in [2.24, 2.45) is 0 Å². The van der Waals surface area contributed by atoms with Crippen molar-refractivity contribution in [1.29, 1.82) is 0 Å². The van der Waals surface area contributed by atoms with Crippen LogP contribution >= 0.6 is 0 Å². The summed E-state index contributed by atoms with van der Waals surface area (Å²) in [4.78, 5) is 32.9. The van der Waals surface area contributed by atoms with Crippen LogP contribution in [0.4, 0.5) is 18.9 Å². The highest BCUT2D eigenvalue weighted by molar-refractivity contribution is 5.96. The van der Waals surface area contributed by atoms with E-state index in [4.69, 9.17) is 0 Å². The molecule has 0 saturated carbocycles. The number of carbonyl (C=O) groups excluding carboxylic acids is 2. The number of amides is 2. The van der Waals surface area contributed by atoms with Crippen LogP contribution in [0.15, 0.2) is 72.9 Å². The molecule has 2 heterocycles. The molecule has 6 nitrogen and oxygen atoms in total. The number of anilines is 1. The minimum atomic E-state index is -4.59. The molecule has 1 N–H and O–H groups in total. The van der Waals surface area contributed by atoms with E-state index in [0.29, 0.717) is 25.3 Å². The molecule has 1 aromatic heterocycles. The minimum Gasteiger partial charge on any atom is -0.367 e. The molecule has 4 rings (SSSR count). The van der Waals surface area contributed by atoms with Crippen LogP contribution < -0.4 is 10.2 Å². The number of hydrogen-bond acceptors (Lipinski definition) is 4. The van der Waals surface area contributed by atoms with Crippen molar-refractivity contribution in [3.63, 3.8) is 0 Å².